The van der Waals surface area contributed by atoms with Gasteiger partial charge < -0.3 is 4.90 Å². The van der Waals surface area contributed by atoms with Crippen LogP contribution >= 0.6 is 11.3 Å². The molecule has 1 aromatic heterocycles. The van der Waals surface area contributed by atoms with Crippen molar-refractivity contribution in [1.82, 2.24) is 0 Å². The van der Waals surface area contributed by atoms with Crippen LogP contribution in [0.4, 0.5) is 17.1 Å². The summed E-state index contributed by atoms with van der Waals surface area (Å²) in [6.07, 6.45) is 0. The van der Waals surface area contributed by atoms with Gasteiger partial charge in [-0.25, -0.2) is 0 Å². The molecule has 2 aliphatic carbocycles. The topological polar surface area (TPSA) is 3.24 Å². The van der Waals surface area contributed by atoms with E-state index in [1.54, 1.807) is 0 Å². The molecule has 2 heteroatoms. The number of rotatable bonds is 6. The number of fused-ring (bicyclic) bond motifs is 9. The summed E-state index contributed by atoms with van der Waals surface area (Å²) < 4.78 is 2.64. The molecule has 12 rings (SSSR count). The molecule has 2 aliphatic rings. The third-order valence-electron chi connectivity index (χ3n) is 13.9. The lowest BCUT2D eigenvalue weighted by Gasteiger charge is -2.29. The van der Waals surface area contributed by atoms with Crippen LogP contribution in [-0.4, -0.2) is 0 Å². The average Bonchev–Trinajstić information content (AvgIpc) is 3.89. The summed E-state index contributed by atoms with van der Waals surface area (Å²) >= 11 is 1.87. The Morgan fingerprint density at radius 2 is 0.919 bits per heavy atom. The number of hydrogen-bond donors (Lipinski definition) is 0. The molecule has 0 aliphatic heterocycles. The first-order chi connectivity index (χ1) is 30.3. The number of hydrogen-bond acceptors (Lipinski definition) is 2. The number of anilines is 3. The van der Waals surface area contributed by atoms with E-state index in [4.69, 9.17) is 0 Å². The fourth-order valence-electron chi connectivity index (χ4n) is 10.8. The van der Waals surface area contributed by atoms with Gasteiger partial charge in [0, 0.05) is 47.9 Å². The zero-order chi connectivity index (χ0) is 41.7. The third kappa shape index (κ3) is 5.46. The molecule has 0 bridgehead atoms. The molecule has 0 spiro atoms. The van der Waals surface area contributed by atoms with Gasteiger partial charge in [0.05, 0.1) is 5.69 Å². The van der Waals surface area contributed by atoms with E-state index >= 15 is 0 Å². The Hall–Kier alpha value is -7.00. The molecule has 0 N–H and O–H groups in total. The molecule has 0 saturated heterocycles. The summed E-state index contributed by atoms with van der Waals surface area (Å²) in [5.41, 5.74) is 21.5. The Labute approximate surface area is 368 Å². The minimum absolute atomic E-state index is 0.0334. The molecule has 0 saturated carbocycles. The van der Waals surface area contributed by atoms with Gasteiger partial charge in [0.2, 0.25) is 0 Å². The maximum Gasteiger partial charge on any atom is 0.0540 e. The lowest BCUT2D eigenvalue weighted by Crippen LogP contribution is -2.15. The molecule has 10 aromatic rings. The highest BCUT2D eigenvalue weighted by Crippen LogP contribution is 2.54. The van der Waals surface area contributed by atoms with Crippen LogP contribution in [0.15, 0.2) is 200 Å². The van der Waals surface area contributed by atoms with E-state index in [0.29, 0.717) is 0 Å². The second-order valence-corrected chi connectivity index (χ2v) is 19.1. The number of para-hydroxylation sites is 1. The lowest BCUT2D eigenvalue weighted by molar-refractivity contribution is 0.660. The Kier molecular flexibility index (Phi) is 8.17. The number of benzene rings is 9. The van der Waals surface area contributed by atoms with E-state index < -0.39 is 0 Å². The SMILES string of the molecule is CC1(C)c2ccccc2-c2cc(-c3cccc(N(c4ccc(-c5cccc6sc7ccccc7c56)cc4)c4ccccc4-c4cccc5c4-c4ccccc4C5(C)C)c3)ccc21. The van der Waals surface area contributed by atoms with Crippen LogP contribution in [0, 0.1) is 0 Å². The first kappa shape index (κ1) is 36.8. The summed E-state index contributed by atoms with van der Waals surface area (Å²) in [5, 5.41) is 2.65. The Morgan fingerprint density at radius 3 is 1.76 bits per heavy atom. The zero-order valence-electron chi connectivity index (χ0n) is 35.4. The second-order valence-electron chi connectivity index (χ2n) is 18.1. The molecule has 1 nitrogen and oxygen atoms in total. The third-order valence-corrected chi connectivity index (χ3v) is 15.0. The first-order valence-electron chi connectivity index (χ1n) is 21.8. The van der Waals surface area contributed by atoms with Crippen LogP contribution < -0.4 is 4.90 Å². The monoisotopic (exact) mass is 811 g/mol. The molecular formula is C60H45NS. The van der Waals surface area contributed by atoms with Crippen LogP contribution in [0.25, 0.3) is 75.8 Å². The molecule has 9 aromatic carbocycles. The zero-order valence-corrected chi connectivity index (χ0v) is 36.2. The average molecular weight is 812 g/mol. The molecule has 296 valence electrons. The van der Waals surface area contributed by atoms with E-state index in [1.165, 1.54) is 98.1 Å². The van der Waals surface area contributed by atoms with Gasteiger partial charge in [0.1, 0.15) is 0 Å². The predicted octanol–water partition coefficient (Wildman–Crippen LogP) is 17.1. The lowest BCUT2D eigenvalue weighted by atomic mass is 9.82. The van der Waals surface area contributed by atoms with Crippen molar-refractivity contribution in [3.63, 3.8) is 0 Å². The van der Waals surface area contributed by atoms with E-state index in [2.05, 4.69) is 233 Å². The van der Waals surface area contributed by atoms with Gasteiger partial charge in [-0.05, 0) is 121 Å². The number of thiophene rings is 1. The van der Waals surface area contributed by atoms with Crippen molar-refractivity contribution in [2.24, 2.45) is 0 Å². The van der Waals surface area contributed by atoms with Crippen LogP contribution in [0.3, 0.4) is 0 Å². The summed E-state index contributed by atoms with van der Waals surface area (Å²) in [6.45, 7) is 9.43. The van der Waals surface area contributed by atoms with Crippen molar-refractivity contribution < 1.29 is 0 Å². The molecule has 62 heavy (non-hydrogen) atoms. The minimum Gasteiger partial charge on any atom is -0.310 e. The van der Waals surface area contributed by atoms with E-state index in [-0.39, 0.29) is 10.8 Å². The molecule has 0 fully saturated rings. The highest BCUT2D eigenvalue weighted by Gasteiger charge is 2.37. The maximum atomic E-state index is 2.47. The van der Waals surface area contributed by atoms with Gasteiger partial charge >= 0.3 is 0 Å². The molecule has 0 atom stereocenters. The van der Waals surface area contributed by atoms with E-state index in [0.717, 1.165) is 17.1 Å². The van der Waals surface area contributed by atoms with Gasteiger partial charge in [-0.15, -0.1) is 11.3 Å². The van der Waals surface area contributed by atoms with Crippen LogP contribution in [-0.2, 0) is 10.8 Å². The normalized spacial score (nSPS) is 14.1. The van der Waals surface area contributed by atoms with E-state index in [9.17, 15) is 0 Å². The highest BCUT2D eigenvalue weighted by molar-refractivity contribution is 7.25. The van der Waals surface area contributed by atoms with Crippen molar-refractivity contribution in [3.8, 4) is 55.6 Å². The fraction of sp³-hybridized carbons (Fsp3) is 0.100. The molecule has 1 heterocycles. The highest BCUT2D eigenvalue weighted by atomic mass is 32.1. The number of nitrogens with zero attached hydrogens (tertiary/aromatic N) is 1. The first-order valence-corrected chi connectivity index (χ1v) is 22.6. The molecule has 0 amide bonds. The Balaban J connectivity index is 1.04. The Bertz CT molecular complexity index is 3420. The van der Waals surface area contributed by atoms with Crippen molar-refractivity contribution in [2.45, 2.75) is 38.5 Å². The van der Waals surface area contributed by atoms with Gasteiger partial charge in [0.15, 0.2) is 0 Å². The standard InChI is InChI=1S/C60H45NS/c1-59(2)50-24-9-5-18-44(50)49-37-40(32-35-52(49)59)39-16-13-17-42(36-39)61(41-33-30-38(31-34-41)43-22-15-29-56-58(43)48-21-8-12-28-55(48)62-56)54-27-11-7-19-45(54)46-23-14-26-53-57(46)47-20-6-10-25-51(47)60(53,3)4/h5-37H,1-4H3. The van der Waals surface area contributed by atoms with Crippen LogP contribution in [0.2, 0.25) is 0 Å². The molecule has 0 radical (unpaired) electrons. The predicted molar refractivity (Wildman–Crippen MR) is 265 cm³/mol. The van der Waals surface area contributed by atoms with Crippen molar-refractivity contribution in [2.75, 3.05) is 4.90 Å². The van der Waals surface area contributed by atoms with Gasteiger partial charge in [0.25, 0.3) is 0 Å². The Morgan fingerprint density at radius 1 is 0.355 bits per heavy atom. The summed E-state index contributed by atoms with van der Waals surface area (Å²) in [5.74, 6) is 0. The molecular weight excluding hydrogens is 767 g/mol. The summed E-state index contributed by atoms with van der Waals surface area (Å²) in [4.78, 5) is 2.47. The summed E-state index contributed by atoms with van der Waals surface area (Å²) in [6, 6.07) is 74.8. The van der Waals surface area contributed by atoms with Crippen molar-refractivity contribution >= 4 is 48.6 Å². The van der Waals surface area contributed by atoms with E-state index in [1.807, 2.05) is 11.3 Å². The minimum atomic E-state index is -0.0943. The van der Waals surface area contributed by atoms with Gasteiger partial charge in [-0.2, -0.15) is 0 Å². The largest absolute Gasteiger partial charge is 0.310 e. The second kappa shape index (κ2) is 13.8. The summed E-state index contributed by atoms with van der Waals surface area (Å²) in [7, 11) is 0. The van der Waals surface area contributed by atoms with Gasteiger partial charge in [-0.1, -0.05) is 179 Å². The van der Waals surface area contributed by atoms with Crippen molar-refractivity contribution in [3.05, 3.63) is 222 Å². The van der Waals surface area contributed by atoms with Crippen LogP contribution in [0.5, 0.6) is 0 Å². The maximum absolute atomic E-state index is 2.47. The quantitative estimate of drug-likeness (QED) is 0.162. The van der Waals surface area contributed by atoms with Crippen LogP contribution in [0.1, 0.15) is 49.9 Å². The van der Waals surface area contributed by atoms with Gasteiger partial charge in [-0.3, -0.25) is 0 Å². The smallest absolute Gasteiger partial charge is 0.0540 e. The fourth-order valence-corrected chi connectivity index (χ4v) is 12.0. The van der Waals surface area contributed by atoms with Crippen molar-refractivity contribution in [1.29, 1.82) is 0 Å². The molecule has 0 unspecified atom stereocenters.